The number of benzene rings is 2. The molecule has 1 aliphatic heterocycles. The lowest BCUT2D eigenvalue weighted by Crippen LogP contribution is -2.57. The molecule has 1 heterocycles. The maximum absolute atomic E-state index is 13.9. The highest BCUT2D eigenvalue weighted by atomic mass is 35.5. The molecule has 10 heteroatoms. The fraction of sp³-hybridized carbons (Fsp3) is 0.481. The minimum atomic E-state index is -5.13. The van der Waals surface area contributed by atoms with E-state index < -0.39 is 29.2 Å². The number of likely N-dealkylation sites (tertiary alicyclic amines) is 1. The van der Waals surface area contributed by atoms with E-state index in [9.17, 15) is 27.9 Å². The van der Waals surface area contributed by atoms with Crippen molar-refractivity contribution in [1.29, 1.82) is 0 Å². The minimum Gasteiger partial charge on any atom is -0.465 e. The second-order valence-corrected chi connectivity index (χ2v) is 10.3. The summed E-state index contributed by atoms with van der Waals surface area (Å²) in [5, 5.41) is 14.2. The summed E-state index contributed by atoms with van der Waals surface area (Å²) < 4.78 is 46.3. The van der Waals surface area contributed by atoms with E-state index >= 15 is 0 Å². The Bertz CT molecular complexity index is 1140. The standard InChI is InChI=1S/C27H30ClF3N2O4/c1-37-23(34)21-10-9-20(16-22(21)28)32-13-5-8-19-17-25(19)11-14-33(15-12-25)24(35)26(36,27(29,30)31)18-6-3-2-4-7-18/h2-4,6-7,9-10,16,19,32,36H,5,8,11-15,17H2,1H3/t19-,26-/m1/s1. The second kappa shape index (κ2) is 10.5. The molecule has 1 amide bonds. The maximum Gasteiger partial charge on any atom is 0.430 e. The van der Waals surface area contributed by atoms with Crippen LogP contribution in [0.25, 0.3) is 0 Å². The zero-order valence-electron chi connectivity index (χ0n) is 20.5. The summed E-state index contributed by atoms with van der Waals surface area (Å²) in [5.41, 5.74) is -2.86. The van der Waals surface area contributed by atoms with Crippen molar-refractivity contribution in [3.8, 4) is 0 Å². The van der Waals surface area contributed by atoms with Crippen LogP contribution in [0.1, 0.15) is 48.0 Å². The van der Waals surface area contributed by atoms with Crippen molar-refractivity contribution in [2.24, 2.45) is 11.3 Å². The van der Waals surface area contributed by atoms with Gasteiger partial charge in [-0.3, -0.25) is 4.79 Å². The summed E-state index contributed by atoms with van der Waals surface area (Å²) in [6, 6.07) is 11.6. The average molecular weight is 539 g/mol. The van der Waals surface area contributed by atoms with E-state index in [4.69, 9.17) is 11.6 Å². The van der Waals surface area contributed by atoms with Crippen LogP contribution >= 0.6 is 11.6 Å². The van der Waals surface area contributed by atoms with Gasteiger partial charge in [0.25, 0.3) is 11.5 Å². The lowest BCUT2D eigenvalue weighted by molar-refractivity contribution is -0.262. The first-order valence-electron chi connectivity index (χ1n) is 12.3. The van der Waals surface area contributed by atoms with Gasteiger partial charge in [-0.1, -0.05) is 41.9 Å². The molecule has 2 N–H and O–H groups in total. The van der Waals surface area contributed by atoms with Crippen LogP contribution in [0, 0.1) is 11.3 Å². The minimum absolute atomic E-state index is 0.0609. The highest BCUT2D eigenvalue weighted by Gasteiger charge is 2.63. The number of esters is 1. The smallest absolute Gasteiger partial charge is 0.430 e. The first kappa shape index (κ1) is 27.3. The molecular formula is C27H30ClF3N2O4. The van der Waals surface area contributed by atoms with Gasteiger partial charge >= 0.3 is 12.1 Å². The van der Waals surface area contributed by atoms with Gasteiger partial charge in [-0.05, 0) is 61.6 Å². The summed E-state index contributed by atoms with van der Waals surface area (Å²) in [4.78, 5) is 25.7. The lowest BCUT2D eigenvalue weighted by Gasteiger charge is -2.39. The molecule has 200 valence electrons. The molecule has 2 aliphatic rings. The summed E-state index contributed by atoms with van der Waals surface area (Å²) >= 11 is 6.15. The van der Waals surface area contributed by atoms with Crippen molar-refractivity contribution >= 4 is 29.2 Å². The molecular weight excluding hydrogens is 509 g/mol. The molecule has 1 spiro atoms. The Kier molecular flexibility index (Phi) is 7.76. The number of ether oxygens (including phenoxy) is 1. The number of amides is 1. The number of hydrogen-bond donors (Lipinski definition) is 2. The number of piperidine rings is 1. The van der Waals surface area contributed by atoms with Crippen LogP contribution in [-0.4, -0.2) is 54.8 Å². The molecule has 2 fully saturated rings. The Morgan fingerprint density at radius 3 is 2.43 bits per heavy atom. The van der Waals surface area contributed by atoms with E-state index in [1.165, 1.54) is 25.3 Å². The molecule has 1 saturated carbocycles. The summed E-state index contributed by atoms with van der Waals surface area (Å²) in [7, 11) is 1.30. The van der Waals surface area contributed by atoms with E-state index in [-0.39, 0.29) is 18.5 Å². The average Bonchev–Trinajstić information content (AvgIpc) is 3.56. The fourth-order valence-electron chi connectivity index (χ4n) is 5.41. The molecule has 0 bridgehead atoms. The Balaban J connectivity index is 1.26. The number of nitrogens with zero attached hydrogens (tertiary/aromatic N) is 1. The topological polar surface area (TPSA) is 78.9 Å². The van der Waals surface area contributed by atoms with Gasteiger partial charge in [0.2, 0.25) is 0 Å². The Hall–Kier alpha value is -2.78. The summed E-state index contributed by atoms with van der Waals surface area (Å²) in [5.74, 6) is -1.33. The van der Waals surface area contributed by atoms with Gasteiger partial charge in [-0.15, -0.1) is 0 Å². The number of nitrogens with one attached hydrogen (secondary N) is 1. The Morgan fingerprint density at radius 1 is 1.16 bits per heavy atom. The molecule has 37 heavy (non-hydrogen) atoms. The third-order valence-corrected chi connectivity index (χ3v) is 8.06. The Labute approximate surface area is 218 Å². The highest BCUT2D eigenvalue weighted by Crippen LogP contribution is 2.61. The number of alkyl halides is 3. The molecule has 2 aromatic rings. The number of rotatable bonds is 8. The molecule has 2 atom stereocenters. The zero-order chi connectivity index (χ0) is 26.8. The molecule has 6 nitrogen and oxygen atoms in total. The molecule has 4 rings (SSSR count). The van der Waals surface area contributed by atoms with E-state index in [0.717, 1.165) is 42.0 Å². The molecule has 1 aliphatic carbocycles. The van der Waals surface area contributed by atoms with Crippen LogP contribution < -0.4 is 5.32 Å². The van der Waals surface area contributed by atoms with Crippen molar-refractivity contribution in [1.82, 2.24) is 4.90 Å². The lowest BCUT2D eigenvalue weighted by atomic mass is 9.86. The molecule has 0 aromatic heterocycles. The van der Waals surface area contributed by atoms with Crippen LogP contribution in [0.4, 0.5) is 18.9 Å². The van der Waals surface area contributed by atoms with Crippen molar-refractivity contribution in [3.63, 3.8) is 0 Å². The number of halogens is 4. The van der Waals surface area contributed by atoms with Crippen LogP contribution in [-0.2, 0) is 15.1 Å². The van der Waals surface area contributed by atoms with Gasteiger partial charge in [0.05, 0.1) is 17.7 Å². The molecule has 1 saturated heterocycles. The first-order valence-corrected chi connectivity index (χ1v) is 12.7. The zero-order valence-corrected chi connectivity index (χ0v) is 21.2. The number of methoxy groups -OCH3 is 1. The largest absolute Gasteiger partial charge is 0.465 e. The van der Waals surface area contributed by atoms with Crippen LogP contribution in [0.15, 0.2) is 48.5 Å². The molecule has 2 aromatic carbocycles. The van der Waals surface area contributed by atoms with E-state index in [0.29, 0.717) is 35.9 Å². The molecule has 0 radical (unpaired) electrons. The normalized spacial score (nSPS) is 20.3. The number of aliphatic hydroxyl groups is 1. The first-order chi connectivity index (χ1) is 17.5. The van der Waals surface area contributed by atoms with E-state index in [1.54, 1.807) is 18.2 Å². The third-order valence-electron chi connectivity index (χ3n) is 7.75. The third kappa shape index (κ3) is 5.43. The van der Waals surface area contributed by atoms with Crippen LogP contribution in [0.2, 0.25) is 5.02 Å². The maximum atomic E-state index is 13.9. The van der Waals surface area contributed by atoms with Gasteiger partial charge in [0, 0.05) is 30.9 Å². The van der Waals surface area contributed by atoms with Crippen LogP contribution in [0.5, 0.6) is 0 Å². The summed E-state index contributed by atoms with van der Waals surface area (Å²) in [6.45, 7) is 1.11. The number of carbonyl (C=O) groups is 2. The number of carbonyl (C=O) groups excluding carboxylic acids is 2. The van der Waals surface area contributed by atoms with Gasteiger partial charge < -0.3 is 20.1 Å². The monoisotopic (exact) mass is 538 g/mol. The van der Waals surface area contributed by atoms with Crippen molar-refractivity contribution in [3.05, 3.63) is 64.7 Å². The fourth-order valence-corrected chi connectivity index (χ4v) is 5.66. The van der Waals surface area contributed by atoms with Crippen molar-refractivity contribution < 1.29 is 32.6 Å². The number of hydrogen-bond acceptors (Lipinski definition) is 5. The quantitative estimate of drug-likeness (QED) is 0.348. The summed E-state index contributed by atoms with van der Waals surface area (Å²) in [6.07, 6.45) is -1.01. The van der Waals surface area contributed by atoms with Gasteiger partial charge in [0.1, 0.15) is 0 Å². The number of anilines is 1. The predicted octanol–water partition coefficient (Wildman–Crippen LogP) is 5.40. The van der Waals surface area contributed by atoms with Crippen molar-refractivity contribution in [2.45, 2.75) is 43.9 Å². The molecule has 0 unspecified atom stereocenters. The van der Waals surface area contributed by atoms with Crippen LogP contribution in [0.3, 0.4) is 0 Å². The highest BCUT2D eigenvalue weighted by molar-refractivity contribution is 6.33. The van der Waals surface area contributed by atoms with Crippen molar-refractivity contribution in [2.75, 3.05) is 32.1 Å². The Morgan fingerprint density at radius 2 is 1.84 bits per heavy atom. The second-order valence-electron chi connectivity index (χ2n) is 9.89. The predicted molar refractivity (Wildman–Crippen MR) is 133 cm³/mol. The SMILES string of the molecule is COC(=O)c1ccc(NCCC[C@@H]2CC23CCN(C(=O)[C@](O)(c2ccccc2)C(F)(F)F)CC3)cc1Cl. The van der Waals surface area contributed by atoms with Gasteiger partial charge in [-0.2, -0.15) is 13.2 Å². The van der Waals surface area contributed by atoms with Gasteiger partial charge in [0.15, 0.2) is 0 Å². The van der Waals surface area contributed by atoms with Gasteiger partial charge in [-0.25, -0.2) is 4.79 Å². The van der Waals surface area contributed by atoms with E-state index in [1.807, 2.05) is 0 Å². The van der Waals surface area contributed by atoms with E-state index in [2.05, 4.69) is 10.1 Å².